The number of carbonyl (C=O) groups is 1. The molecule has 3 nitrogen and oxygen atoms in total. The van der Waals surface area contributed by atoms with Crippen molar-refractivity contribution in [2.75, 3.05) is 6.54 Å². The number of carboxylic acid groups (broad SMARTS) is 1. The molecule has 0 spiro atoms. The molecule has 0 bridgehead atoms. The summed E-state index contributed by atoms with van der Waals surface area (Å²) in [5.74, 6) is 0. The standard InChI is InChI=1S/C8H14ClNO2/c1-6(9)7-4-2-3-5-10(7)8(11)12/h6-7H,2-5H2,1H3,(H,11,12). The molecule has 0 radical (unpaired) electrons. The maximum atomic E-state index is 10.7. The number of alkyl halides is 1. The highest BCUT2D eigenvalue weighted by Gasteiger charge is 2.29. The fraction of sp³-hybridized carbons (Fsp3) is 0.875. The van der Waals surface area contributed by atoms with E-state index in [4.69, 9.17) is 16.7 Å². The Kier molecular flexibility index (Phi) is 3.20. The fourth-order valence-electron chi connectivity index (χ4n) is 1.67. The van der Waals surface area contributed by atoms with E-state index in [9.17, 15) is 4.79 Å². The normalized spacial score (nSPS) is 26.8. The Hall–Kier alpha value is -0.440. The Labute approximate surface area is 77.3 Å². The lowest BCUT2D eigenvalue weighted by Gasteiger charge is -2.35. The minimum Gasteiger partial charge on any atom is -0.465 e. The second-order valence-electron chi connectivity index (χ2n) is 3.22. The first-order valence-corrected chi connectivity index (χ1v) is 4.70. The molecule has 0 aromatic carbocycles. The van der Waals surface area contributed by atoms with Gasteiger partial charge in [0.15, 0.2) is 0 Å². The van der Waals surface area contributed by atoms with Crippen molar-refractivity contribution < 1.29 is 9.90 Å². The van der Waals surface area contributed by atoms with Gasteiger partial charge in [0.1, 0.15) is 0 Å². The van der Waals surface area contributed by atoms with Crippen LogP contribution in [0.2, 0.25) is 0 Å². The number of hydrogen-bond acceptors (Lipinski definition) is 1. The van der Waals surface area contributed by atoms with Crippen molar-refractivity contribution in [2.45, 2.75) is 37.6 Å². The molecule has 1 amide bonds. The Morgan fingerprint density at radius 1 is 1.67 bits per heavy atom. The Bertz CT molecular complexity index is 172. The van der Waals surface area contributed by atoms with Gasteiger partial charge >= 0.3 is 6.09 Å². The zero-order chi connectivity index (χ0) is 9.14. The van der Waals surface area contributed by atoms with Crippen LogP contribution in [0, 0.1) is 0 Å². The average molecular weight is 192 g/mol. The molecule has 0 aromatic heterocycles. The van der Waals surface area contributed by atoms with Crippen LogP contribution in [0.1, 0.15) is 26.2 Å². The SMILES string of the molecule is CC(Cl)C1CCCCN1C(=O)O. The highest BCUT2D eigenvalue weighted by Crippen LogP contribution is 2.22. The van der Waals surface area contributed by atoms with Gasteiger partial charge in [0.2, 0.25) is 0 Å². The van der Waals surface area contributed by atoms with Crippen LogP contribution in [-0.2, 0) is 0 Å². The number of hydrogen-bond donors (Lipinski definition) is 1. The van der Waals surface area contributed by atoms with E-state index in [1.165, 1.54) is 4.90 Å². The summed E-state index contributed by atoms with van der Waals surface area (Å²) >= 11 is 5.89. The van der Waals surface area contributed by atoms with Crippen molar-refractivity contribution in [1.82, 2.24) is 4.90 Å². The molecule has 12 heavy (non-hydrogen) atoms. The van der Waals surface area contributed by atoms with E-state index < -0.39 is 6.09 Å². The van der Waals surface area contributed by atoms with Crippen molar-refractivity contribution >= 4 is 17.7 Å². The van der Waals surface area contributed by atoms with Crippen LogP contribution >= 0.6 is 11.6 Å². The Balaban J connectivity index is 2.60. The number of halogens is 1. The molecular formula is C8H14ClNO2. The molecule has 4 heteroatoms. The fourth-order valence-corrected chi connectivity index (χ4v) is 1.93. The molecule has 70 valence electrons. The van der Waals surface area contributed by atoms with Gasteiger partial charge in [-0.05, 0) is 26.2 Å². The highest BCUT2D eigenvalue weighted by atomic mass is 35.5. The molecule has 2 unspecified atom stereocenters. The van der Waals surface area contributed by atoms with Crippen LogP contribution < -0.4 is 0 Å². The second-order valence-corrected chi connectivity index (χ2v) is 3.91. The number of amides is 1. The summed E-state index contributed by atoms with van der Waals surface area (Å²) in [4.78, 5) is 12.2. The molecule has 1 saturated heterocycles. The predicted octanol–water partition coefficient (Wildman–Crippen LogP) is 2.15. The van der Waals surface area contributed by atoms with Gasteiger partial charge in [-0.3, -0.25) is 0 Å². The minimum absolute atomic E-state index is 0.0120. The van der Waals surface area contributed by atoms with Gasteiger partial charge < -0.3 is 10.0 Å². The summed E-state index contributed by atoms with van der Waals surface area (Å²) in [5, 5.41) is 8.74. The zero-order valence-electron chi connectivity index (χ0n) is 7.16. The molecule has 1 rings (SSSR count). The molecule has 1 heterocycles. The lowest BCUT2D eigenvalue weighted by atomic mass is 10.0. The molecule has 2 atom stereocenters. The third kappa shape index (κ3) is 2.03. The highest BCUT2D eigenvalue weighted by molar-refractivity contribution is 6.20. The first kappa shape index (κ1) is 9.65. The van der Waals surface area contributed by atoms with Crippen LogP contribution in [0.15, 0.2) is 0 Å². The monoisotopic (exact) mass is 191 g/mol. The van der Waals surface area contributed by atoms with Gasteiger partial charge in [0, 0.05) is 6.54 Å². The van der Waals surface area contributed by atoms with E-state index in [1.54, 1.807) is 0 Å². The number of nitrogens with zero attached hydrogens (tertiary/aromatic N) is 1. The molecule has 1 N–H and O–H groups in total. The molecule has 0 saturated carbocycles. The van der Waals surface area contributed by atoms with Crippen molar-refractivity contribution in [2.24, 2.45) is 0 Å². The van der Waals surface area contributed by atoms with E-state index >= 15 is 0 Å². The Morgan fingerprint density at radius 2 is 2.33 bits per heavy atom. The van der Waals surface area contributed by atoms with E-state index in [2.05, 4.69) is 0 Å². The van der Waals surface area contributed by atoms with Crippen LogP contribution in [0.25, 0.3) is 0 Å². The summed E-state index contributed by atoms with van der Waals surface area (Å²) in [5.41, 5.74) is 0. The molecular weight excluding hydrogens is 178 g/mol. The van der Waals surface area contributed by atoms with Gasteiger partial charge in [-0.25, -0.2) is 4.79 Å². The van der Waals surface area contributed by atoms with Crippen LogP contribution in [0.5, 0.6) is 0 Å². The third-order valence-electron chi connectivity index (χ3n) is 2.33. The maximum Gasteiger partial charge on any atom is 0.407 e. The van der Waals surface area contributed by atoms with Gasteiger partial charge in [-0.15, -0.1) is 11.6 Å². The summed E-state index contributed by atoms with van der Waals surface area (Å²) in [6.45, 7) is 2.49. The Morgan fingerprint density at radius 3 is 2.75 bits per heavy atom. The summed E-state index contributed by atoms with van der Waals surface area (Å²) in [6.07, 6.45) is 2.11. The van der Waals surface area contributed by atoms with Crippen molar-refractivity contribution in [1.29, 1.82) is 0 Å². The van der Waals surface area contributed by atoms with Gasteiger partial charge in [0.05, 0.1) is 11.4 Å². The summed E-state index contributed by atoms with van der Waals surface area (Å²) in [6, 6.07) is 0.0120. The molecule has 0 aliphatic carbocycles. The summed E-state index contributed by atoms with van der Waals surface area (Å²) < 4.78 is 0. The summed E-state index contributed by atoms with van der Waals surface area (Å²) in [7, 11) is 0. The first-order chi connectivity index (χ1) is 5.63. The number of likely N-dealkylation sites (tertiary alicyclic amines) is 1. The van der Waals surface area contributed by atoms with E-state index in [0.29, 0.717) is 6.54 Å². The zero-order valence-corrected chi connectivity index (χ0v) is 7.92. The predicted molar refractivity (Wildman–Crippen MR) is 47.7 cm³/mol. The third-order valence-corrected chi connectivity index (χ3v) is 2.62. The van der Waals surface area contributed by atoms with Crippen LogP contribution in [0.3, 0.4) is 0 Å². The molecule has 1 fully saturated rings. The molecule has 0 aromatic rings. The average Bonchev–Trinajstić information content (AvgIpc) is 2.04. The van der Waals surface area contributed by atoms with Crippen LogP contribution in [0.4, 0.5) is 4.79 Å². The maximum absolute atomic E-state index is 10.7. The van der Waals surface area contributed by atoms with Crippen molar-refractivity contribution in [3.8, 4) is 0 Å². The lowest BCUT2D eigenvalue weighted by Crippen LogP contribution is -2.46. The van der Waals surface area contributed by atoms with Crippen molar-refractivity contribution in [3.05, 3.63) is 0 Å². The van der Waals surface area contributed by atoms with E-state index in [-0.39, 0.29) is 11.4 Å². The van der Waals surface area contributed by atoms with Gasteiger partial charge in [-0.1, -0.05) is 0 Å². The van der Waals surface area contributed by atoms with Gasteiger partial charge in [-0.2, -0.15) is 0 Å². The largest absolute Gasteiger partial charge is 0.465 e. The van der Waals surface area contributed by atoms with E-state index in [0.717, 1.165) is 19.3 Å². The molecule has 1 aliphatic rings. The van der Waals surface area contributed by atoms with Gasteiger partial charge in [0.25, 0.3) is 0 Å². The van der Waals surface area contributed by atoms with Crippen LogP contribution in [-0.4, -0.2) is 34.1 Å². The lowest BCUT2D eigenvalue weighted by molar-refractivity contribution is 0.106. The number of rotatable bonds is 1. The topological polar surface area (TPSA) is 40.5 Å². The molecule has 1 aliphatic heterocycles. The first-order valence-electron chi connectivity index (χ1n) is 4.26. The van der Waals surface area contributed by atoms with Crippen molar-refractivity contribution in [3.63, 3.8) is 0 Å². The number of piperidine rings is 1. The minimum atomic E-state index is -0.841. The smallest absolute Gasteiger partial charge is 0.407 e. The second kappa shape index (κ2) is 3.99. The van der Waals surface area contributed by atoms with E-state index in [1.807, 2.05) is 6.92 Å². The quantitative estimate of drug-likeness (QED) is 0.646.